The molecule has 1 aliphatic heterocycles. The number of carbonyl (C=O) groups excluding carboxylic acids is 1. The van der Waals surface area contributed by atoms with Gasteiger partial charge in [-0.2, -0.15) is 0 Å². The molecule has 146 valence electrons. The fourth-order valence-corrected chi connectivity index (χ4v) is 3.54. The van der Waals surface area contributed by atoms with E-state index in [1.54, 1.807) is 21.3 Å². The smallest absolute Gasteiger partial charge is 0.314 e. The minimum absolute atomic E-state index is 0.117. The van der Waals surface area contributed by atoms with E-state index in [4.69, 9.17) is 9.47 Å². The van der Waals surface area contributed by atoms with Crippen LogP contribution in [0.4, 0.5) is 4.79 Å². The summed E-state index contributed by atoms with van der Waals surface area (Å²) >= 11 is 0. The van der Waals surface area contributed by atoms with Crippen LogP contribution in [-0.4, -0.2) is 76.9 Å². The lowest BCUT2D eigenvalue weighted by Gasteiger charge is -2.42. The van der Waals surface area contributed by atoms with Crippen LogP contribution >= 0.6 is 0 Å². The zero-order chi connectivity index (χ0) is 19.1. The monoisotopic (exact) mass is 364 g/mol. The van der Waals surface area contributed by atoms with Crippen LogP contribution in [0, 0.1) is 5.92 Å². The molecule has 7 nitrogen and oxygen atoms in total. The van der Waals surface area contributed by atoms with Gasteiger partial charge in [-0.05, 0) is 50.7 Å². The number of hydrogen-bond donors (Lipinski definition) is 2. The van der Waals surface area contributed by atoms with Gasteiger partial charge in [-0.25, -0.2) is 4.79 Å². The number of likely N-dealkylation sites (tertiary alicyclic amines) is 1. The summed E-state index contributed by atoms with van der Waals surface area (Å²) in [6.45, 7) is 3.52. The van der Waals surface area contributed by atoms with Crippen LogP contribution in [-0.2, 0) is 6.54 Å². The molecule has 1 heterocycles. The molecule has 1 aromatic carbocycles. The first-order valence-electron chi connectivity index (χ1n) is 9.03. The number of likely N-dealkylation sites (N-methyl/N-ethyl adjacent to an activating group) is 1. The number of piperidine rings is 1. The predicted octanol–water partition coefficient (Wildman–Crippen LogP) is 1.38. The number of nitrogens with one attached hydrogen (secondary N) is 2. The van der Waals surface area contributed by atoms with Gasteiger partial charge in [0.15, 0.2) is 0 Å². The normalized spacial score (nSPS) is 20.7. The van der Waals surface area contributed by atoms with Crippen molar-refractivity contribution in [3.05, 3.63) is 23.8 Å². The Balaban J connectivity index is 2.01. The van der Waals surface area contributed by atoms with Crippen molar-refractivity contribution in [2.75, 3.05) is 55.0 Å². The summed E-state index contributed by atoms with van der Waals surface area (Å²) in [4.78, 5) is 16.2. The fourth-order valence-electron chi connectivity index (χ4n) is 3.54. The molecule has 1 aromatic rings. The second kappa shape index (κ2) is 9.64. The number of amides is 2. The van der Waals surface area contributed by atoms with Crippen molar-refractivity contribution < 1.29 is 14.3 Å². The van der Waals surface area contributed by atoms with Gasteiger partial charge in [-0.15, -0.1) is 0 Å². The molecule has 0 aliphatic carbocycles. The lowest BCUT2D eigenvalue weighted by atomic mass is 9.90. The maximum Gasteiger partial charge on any atom is 0.314 e. The van der Waals surface area contributed by atoms with Gasteiger partial charge in [-0.3, -0.25) is 4.90 Å². The van der Waals surface area contributed by atoms with Gasteiger partial charge in [0, 0.05) is 38.8 Å². The SMILES string of the molecule is CNC(=O)NC[C@H]1CCN(Cc2cc(OC)cc(OC)c2)C[C@H]1N(C)C. The fraction of sp³-hybridized carbons (Fsp3) is 0.632. The van der Waals surface area contributed by atoms with Crippen molar-refractivity contribution >= 4 is 6.03 Å². The van der Waals surface area contributed by atoms with Crippen LogP contribution < -0.4 is 20.1 Å². The number of nitrogens with zero attached hydrogens (tertiary/aromatic N) is 2. The summed E-state index contributed by atoms with van der Waals surface area (Å²) in [6, 6.07) is 6.29. The first kappa shape index (κ1) is 20.3. The Morgan fingerprint density at radius 2 is 1.88 bits per heavy atom. The van der Waals surface area contributed by atoms with Gasteiger partial charge in [-0.1, -0.05) is 0 Å². The first-order valence-corrected chi connectivity index (χ1v) is 9.03. The number of rotatable bonds is 7. The maximum atomic E-state index is 11.5. The molecule has 1 fully saturated rings. The standard InChI is InChI=1S/C19H32N4O3/c1-20-19(24)21-11-15-6-7-23(13-18(15)22(2)3)12-14-8-16(25-4)10-17(9-14)26-5/h8-10,15,18H,6-7,11-13H2,1-5H3,(H2,20,21,24)/t15-,18-/m1/s1. The predicted molar refractivity (Wildman–Crippen MR) is 103 cm³/mol. The zero-order valence-electron chi connectivity index (χ0n) is 16.5. The summed E-state index contributed by atoms with van der Waals surface area (Å²) in [5.74, 6) is 2.07. The highest BCUT2D eigenvalue weighted by Crippen LogP contribution is 2.26. The molecule has 0 spiro atoms. The molecule has 26 heavy (non-hydrogen) atoms. The summed E-state index contributed by atoms with van der Waals surface area (Å²) in [5, 5.41) is 5.57. The number of urea groups is 1. The Morgan fingerprint density at radius 3 is 2.42 bits per heavy atom. The van der Waals surface area contributed by atoms with E-state index in [0.29, 0.717) is 18.5 Å². The maximum absolute atomic E-state index is 11.5. The Bertz CT molecular complexity index is 572. The zero-order valence-corrected chi connectivity index (χ0v) is 16.5. The average molecular weight is 364 g/mol. The third kappa shape index (κ3) is 5.51. The van der Waals surface area contributed by atoms with E-state index in [1.807, 2.05) is 6.07 Å². The summed E-state index contributed by atoms with van der Waals surface area (Å²) in [5.41, 5.74) is 1.18. The van der Waals surface area contributed by atoms with Crippen LogP contribution in [0.25, 0.3) is 0 Å². The third-order valence-corrected chi connectivity index (χ3v) is 5.04. The van der Waals surface area contributed by atoms with E-state index < -0.39 is 0 Å². The molecule has 2 atom stereocenters. The van der Waals surface area contributed by atoms with Crippen LogP contribution in [0.15, 0.2) is 18.2 Å². The quantitative estimate of drug-likeness (QED) is 0.765. The second-order valence-electron chi connectivity index (χ2n) is 7.00. The van der Waals surface area contributed by atoms with Gasteiger partial charge in [0.05, 0.1) is 14.2 Å². The van der Waals surface area contributed by atoms with Crippen molar-refractivity contribution in [2.45, 2.75) is 19.0 Å². The number of methoxy groups -OCH3 is 2. The van der Waals surface area contributed by atoms with E-state index in [-0.39, 0.29) is 6.03 Å². The molecule has 1 saturated heterocycles. The molecule has 0 aromatic heterocycles. The van der Waals surface area contributed by atoms with Gasteiger partial charge in [0.2, 0.25) is 0 Å². The van der Waals surface area contributed by atoms with Crippen molar-refractivity contribution in [2.24, 2.45) is 5.92 Å². The van der Waals surface area contributed by atoms with E-state index >= 15 is 0 Å². The van der Waals surface area contributed by atoms with E-state index in [9.17, 15) is 4.79 Å². The molecule has 0 unspecified atom stereocenters. The Hall–Kier alpha value is -1.99. The number of hydrogen-bond acceptors (Lipinski definition) is 5. The molecular weight excluding hydrogens is 332 g/mol. The van der Waals surface area contributed by atoms with Crippen molar-refractivity contribution in [1.82, 2.24) is 20.4 Å². The van der Waals surface area contributed by atoms with Crippen molar-refractivity contribution in [3.8, 4) is 11.5 Å². The van der Waals surface area contributed by atoms with Gasteiger partial charge in [0.25, 0.3) is 0 Å². The number of benzene rings is 1. The lowest BCUT2D eigenvalue weighted by molar-refractivity contribution is 0.0782. The highest BCUT2D eigenvalue weighted by Gasteiger charge is 2.30. The second-order valence-corrected chi connectivity index (χ2v) is 7.00. The van der Waals surface area contributed by atoms with Crippen LogP contribution in [0.3, 0.4) is 0 Å². The Morgan fingerprint density at radius 1 is 1.23 bits per heavy atom. The summed E-state index contributed by atoms with van der Waals surface area (Å²) < 4.78 is 10.8. The minimum Gasteiger partial charge on any atom is -0.497 e. The lowest BCUT2D eigenvalue weighted by Crippen LogP contribution is -2.53. The summed E-state index contributed by atoms with van der Waals surface area (Å²) in [7, 11) is 9.20. The van der Waals surface area contributed by atoms with Crippen LogP contribution in [0.1, 0.15) is 12.0 Å². The topological polar surface area (TPSA) is 66.1 Å². The van der Waals surface area contributed by atoms with Gasteiger partial charge >= 0.3 is 6.03 Å². The van der Waals surface area contributed by atoms with E-state index in [2.05, 4.69) is 46.7 Å². The van der Waals surface area contributed by atoms with Gasteiger partial charge in [0.1, 0.15) is 11.5 Å². The molecule has 2 rings (SSSR count). The number of ether oxygens (including phenoxy) is 2. The van der Waals surface area contributed by atoms with Crippen LogP contribution in [0.2, 0.25) is 0 Å². The molecule has 0 bridgehead atoms. The molecular formula is C19H32N4O3. The third-order valence-electron chi connectivity index (χ3n) is 5.04. The summed E-state index contributed by atoms with van der Waals surface area (Å²) in [6.07, 6.45) is 1.05. The highest BCUT2D eigenvalue weighted by molar-refractivity contribution is 5.73. The molecule has 0 saturated carbocycles. The molecule has 1 aliphatic rings. The minimum atomic E-state index is -0.117. The highest BCUT2D eigenvalue weighted by atomic mass is 16.5. The molecule has 7 heteroatoms. The van der Waals surface area contributed by atoms with E-state index in [1.165, 1.54) is 5.56 Å². The van der Waals surface area contributed by atoms with Gasteiger partial charge < -0.3 is 25.0 Å². The van der Waals surface area contributed by atoms with Crippen molar-refractivity contribution in [3.63, 3.8) is 0 Å². The Labute approximate surface area is 156 Å². The Kier molecular flexibility index (Phi) is 7.53. The van der Waals surface area contributed by atoms with Crippen molar-refractivity contribution in [1.29, 1.82) is 0 Å². The number of carbonyl (C=O) groups is 1. The first-order chi connectivity index (χ1) is 12.5. The van der Waals surface area contributed by atoms with E-state index in [0.717, 1.165) is 37.6 Å². The average Bonchev–Trinajstić information content (AvgIpc) is 2.65. The molecule has 2 amide bonds. The molecule has 2 N–H and O–H groups in total. The van der Waals surface area contributed by atoms with Crippen LogP contribution in [0.5, 0.6) is 11.5 Å². The largest absolute Gasteiger partial charge is 0.497 e. The molecule has 0 radical (unpaired) electrons.